The van der Waals surface area contributed by atoms with Gasteiger partial charge in [0.25, 0.3) is 5.69 Å². The van der Waals surface area contributed by atoms with Crippen molar-refractivity contribution in [2.45, 2.75) is 0 Å². The third-order valence-electron chi connectivity index (χ3n) is 2.47. The Bertz CT molecular complexity index is 654. The van der Waals surface area contributed by atoms with Crippen molar-refractivity contribution in [2.24, 2.45) is 0 Å². The van der Waals surface area contributed by atoms with E-state index in [-0.39, 0.29) is 17.0 Å². The second-order valence-electron chi connectivity index (χ2n) is 4.00. The molecule has 2 aromatic rings. The van der Waals surface area contributed by atoms with Crippen LogP contribution >= 0.6 is 0 Å². The molecule has 7 heteroatoms. The molecule has 19 heavy (non-hydrogen) atoms. The topological polar surface area (TPSA) is 85.6 Å². The number of carbonyl (C=O) groups excluding carboxylic acids is 1. The lowest BCUT2D eigenvalue weighted by atomic mass is 10.2. The van der Waals surface area contributed by atoms with Crippen LogP contribution in [0.1, 0.15) is 0 Å². The molecule has 2 rings (SSSR count). The first-order valence-corrected chi connectivity index (χ1v) is 5.42. The molecule has 98 valence electrons. The number of nitro groups is 1. The molecular formula is C12H11N3O4. The Kier molecular flexibility index (Phi) is 3.28. The van der Waals surface area contributed by atoms with Gasteiger partial charge < -0.3 is 9.64 Å². The number of fused-ring (bicyclic) bond motifs is 1. The van der Waals surface area contributed by atoms with E-state index in [4.69, 9.17) is 4.74 Å². The molecule has 0 spiro atoms. The number of non-ortho nitro benzene ring substituents is 1. The van der Waals surface area contributed by atoms with Crippen molar-refractivity contribution in [1.29, 1.82) is 0 Å². The second kappa shape index (κ2) is 4.89. The predicted molar refractivity (Wildman–Crippen MR) is 68.1 cm³/mol. The average Bonchev–Trinajstić information content (AvgIpc) is 2.38. The van der Waals surface area contributed by atoms with Gasteiger partial charge in [0.2, 0.25) is 0 Å². The smallest absolute Gasteiger partial charge is 0.409 e. The fourth-order valence-corrected chi connectivity index (χ4v) is 1.55. The van der Waals surface area contributed by atoms with Crippen molar-refractivity contribution in [3.8, 4) is 5.75 Å². The van der Waals surface area contributed by atoms with E-state index < -0.39 is 11.0 Å². The number of benzene rings is 1. The summed E-state index contributed by atoms with van der Waals surface area (Å²) >= 11 is 0. The molecule has 1 amide bonds. The zero-order valence-electron chi connectivity index (χ0n) is 10.4. The molecule has 0 bridgehead atoms. The van der Waals surface area contributed by atoms with Crippen LogP contribution < -0.4 is 4.74 Å². The maximum Gasteiger partial charge on any atom is 0.414 e. The van der Waals surface area contributed by atoms with Gasteiger partial charge in [-0.2, -0.15) is 0 Å². The Morgan fingerprint density at radius 3 is 2.74 bits per heavy atom. The zero-order chi connectivity index (χ0) is 14.0. The van der Waals surface area contributed by atoms with Gasteiger partial charge in [0.1, 0.15) is 5.75 Å². The number of nitrogens with zero attached hydrogens (tertiary/aromatic N) is 3. The van der Waals surface area contributed by atoms with Crippen LogP contribution in [0.4, 0.5) is 10.5 Å². The van der Waals surface area contributed by atoms with Gasteiger partial charge in [-0.25, -0.2) is 9.78 Å². The van der Waals surface area contributed by atoms with Crippen LogP contribution in [0, 0.1) is 10.1 Å². The lowest BCUT2D eigenvalue weighted by molar-refractivity contribution is -0.383. The highest BCUT2D eigenvalue weighted by atomic mass is 16.6. The lowest BCUT2D eigenvalue weighted by Crippen LogP contribution is -2.25. The van der Waals surface area contributed by atoms with Crippen molar-refractivity contribution in [3.63, 3.8) is 0 Å². The van der Waals surface area contributed by atoms with Gasteiger partial charge in [-0.3, -0.25) is 10.1 Å². The van der Waals surface area contributed by atoms with Crippen molar-refractivity contribution in [3.05, 3.63) is 40.6 Å². The van der Waals surface area contributed by atoms with Crippen molar-refractivity contribution in [2.75, 3.05) is 14.1 Å². The monoisotopic (exact) mass is 261 g/mol. The number of ether oxygens (including phenoxy) is 1. The van der Waals surface area contributed by atoms with Crippen molar-refractivity contribution in [1.82, 2.24) is 9.88 Å². The molecule has 0 aliphatic carbocycles. The summed E-state index contributed by atoms with van der Waals surface area (Å²) in [5.74, 6) is 0.243. The van der Waals surface area contributed by atoms with Crippen molar-refractivity contribution >= 4 is 22.7 Å². The summed E-state index contributed by atoms with van der Waals surface area (Å²) < 4.78 is 5.15. The summed E-state index contributed by atoms with van der Waals surface area (Å²) in [5.41, 5.74) is 0.0665. The number of amides is 1. The molecule has 0 N–H and O–H groups in total. The quantitative estimate of drug-likeness (QED) is 0.611. The number of aromatic nitrogens is 1. The Morgan fingerprint density at radius 1 is 1.37 bits per heavy atom. The number of rotatable bonds is 2. The standard InChI is InChI=1S/C12H11N3O4/c1-14(2)12(16)19-10-6-5-9(15(17)18)11-8(10)4-3-7-13-11/h3-7H,1-2H3. The van der Waals surface area contributed by atoms with E-state index in [1.54, 1.807) is 26.2 Å². The molecule has 7 nitrogen and oxygen atoms in total. The molecule has 0 saturated carbocycles. The Morgan fingerprint density at radius 2 is 2.11 bits per heavy atom. The molecule has 1 aromatic heterocycles. The summed E-state index contributed by atoms with van der Waals surface area (Å²) in [5, 5.41) is 11.3. The van der Waals surface area contributed by atoms with Crippen LogP contribution in [0.15, 0.2) is 30.5 Å². The lowest BCUT2D eigenvalue weighted by Gasteiger charge is -2.12. The fourth-order valence-electron chi connectivity index (χ4n) is 1.55. The van der Waals surface area contributed by atoms with Gasteiger partial charge in [0.15, 0.2) is 5.52 Å². The molecule has 1 heterocycles. The summed E-state index contributed by atoms with van der Waals surface area (Å²) in [4.78, 5) is 27.1. The third kappa shape index (κ3) is 2.44. The third-order valence-corrected chi connectivity index (χ3v) is 2.47. The molecular weight excluding hydrogens is 250 g/mol. The molecule has 0 aliphatic rings. The largest absolute Gasteiger partial charge is 0.414 e. The highest BCUT2D eigenvalue weighted by Crippen LogP contribution is 2.31. The van der Waals surface area contributed by atoms with E-state index >= 15 is 0 Å². The first-order valence-electron chi connectivity index (χ1n) is 5.42. The summed E-state index contributed by atoms with van der Waals surface area (Å²) in [6.45, 7) is 0. The van der Waals surface area contributed by atoms with Gasteiger partial charge in [-0.15, -0.1) is 0 Å². The van der Waals surface area contributed by atoms with Gasteiger partial charge in [0, 0.05) is 26.4 Å². The zero-order valence-corrected chi connectivity index (χ0v) is 10.4. The highest BCUT2D eigenvalue weighted by molar-refractivity contribution is 5.93. The van der Waals surface area contributed by atoms with Gasteiger partial charge >= 0.3 is 6.09 Å². The first-order chi connectivity index (χ1) is 9.00. The SMILES string of the molecule is CN(C)C(=O)Oc1ccc([N+](=O)[O-])c2ncccc12. The van der Waals surface area contributed by atoms with Gasteiger partial charge in [-0.05, 0) is 18.2 Å². The number of pyridine rings is 1. The Labute approximate surface area is 108 Å². The fraction of sp³-hybridized carbons (Fsp3) is 0.167. The van der Waals surface area contributed by atoms with Gasteiger partial charge in [0.05, 0.1) is 10.3 Å². The minimum atomic E-state index is -0.556. The molecule has 0 aliphatic heterocycles. The van der Waals surface area contributed by atoms with E-state index in [1.807, 2.05) is 0 Å². The minimum Gasteiger partial charge on any atom is -0.409 e. The highest BCUT2D eigenvalue weighted by Gasteiger charge is 2.18. The predicted octanol–water partition coefficient (Wildman–Crippen LogP) is 2.20. The van der Waals surface area contributed by atoms with E-state index in [0.29, 0.717) is 5.39 Å². The summed E-state index contributed by atoms with van der Waals surface area (Å²) in [7, 11) is 3.10. The van der Waals surface area contributed by atoms with E-state index in [2.05, 4.69) is 4.98 Å². The van der Waals surface area contributed by atoms with Crippen LogP contribution in [0.2, 0.25) is 0 Å². The first kappa shape index (κ1) is 12.7. The number of hydrogen-bond acceptors (Lipinski definition) is 5. The molecule has 0 saturated heterocycles. The average molecular weight is 261 g/mol. The van der Waals surface area contributed by atoms with Crippen molar-refractivity contribution < 1.29 is 14.5 Å². The van der Waals surface area contributed by atoms with Crippen LogP contribution in [0.3, 0.4) is 0 Å². The van der Waals surface area contributed by atoms with Crippen LogP contribution in [0.5, 0.6) is 5.75 Å². The molecule has 0 atom stereocenters. The Balaban J connectivity index is 2.56. The number of carbonyl (C=O) groups is 1. The maximum atomic E-state index is 11.5. The molecule has 0 fully saturated rings. The van der Waals surface area contributed by atoms with E-state index in [1.165, 1.54) is 23.2 Å². The summed E-state index contributed by atoms with van der Waals surface area (Å²) in [6, 6.07) is 5.91. The molecule has 0 unspecified atom stereocenters. The normalized spacial score (nSPS) is 10.2. The summed E-state index contributed by atoms with van der Waals surface area (Å²) in [6.07, 6.45) is 0.895. The van der Waals surface area contributed by atoms with Gasteiger partial charge in [-0.1, -0.05) is 0 Å². The second-order valence-corrected chi connectivity index (χ2v) is 4.00. The van der Waals surface area contributed by atoms with E-state index in [9.17, 15) is 14.9 Å². The molecule has 0 radical (unpaired) electrons. The molecule has 1 aromatic carbocycles. The maximum absolute atomic E-state index is 11.5. The number of hydrogen-bond donors (Lipinski definition) is 0. The number of nitro benzene ring substituents is 1. The van der Waals surface area contributed by atoms with Crippen LogP contribution in [0.25, 0.3) is 10.9 Å². The van der Waals surface area contributed by atoms with Crippen LogP contribution in [-0.4, -0.2) is 35.0 Å². The minimum absolute atomic E-state index is 0.125. The van der Waals surface area contributed by atoms with E-state index in [0.717, 1.165) is 0 Å². The Hall–Kier alpha value is -2.70. The van der Waals surface area contributed by atoms with Crippen LogP contribution in [-0.2, 0) is 0 Å².